The third kappa shape index (κ3) is 5.13. The van der Waals surface area contributed by atoms with Crippen LogP contribution in [0.2, 0.25) is 0 Å². The first-order valence-electron chi connectivity index (χ1n) is 6.58. The van der Waals surface area contributed by atoms with Gasteiger partial charge in [0.05, 0.1) is 11.4 Å². The van der Waals surface area contributed by atoms with Crippen molar-refractivity contribution in [1.82, 2.24) is 5.32 Å². The predicted octanol–water partition coefficient (Wildman–Crippen LogP) is 0.770. The second-order valence-corrected chi connectivity index (χ2v) is 5.75. The zero-order chi connectivity index (χ0) is 16.2. The summed E-state index contributed by atoms with van der Waals surface area (Å²) >= 11 is 0. The van der Waals surface area contributed by atoms with Crippen molar-refractivity contribution in [2.45, 2.75) is 38.6 Å². The molecule has 2 atom stereocenters. The lowest BCUT2D eigenvalue weighted by atomic mass is 10.0. The lowest BCUT2D eigenvalue weighted by Crippen LogP contribution is -2.39. The summed E-state index contributed by atoms with van der Waals surface area (Å²) in [6.07, 6.45) is -3.17. The fourth-order valence-electron chi connectivity index (χ4n) is 1.68. The Morgan fingerprint density at radius 1 is 1.33 bits per heavy atom. The van der Waals surface area contributed by atoms with Gasteiger partial charge in [0.15, 0.2) is 0 Å². The number of nitrogen functional groups attached to an aromatic ring is 2. The predicted molar refractivity (Wildman–Crippen MR) is 80.5 cm³/mol. The van der Waals surface area contributed by atoms with E-state index in [2.05, 4.69) is 5.32 Å². The molecule has 0 saturated heterocycles. The molecule has 0 heterocycles. The Labute approximate surface area is 123 Å². The number of anilines is 2. The van der Waals surface area contributed by atoms with Crippen molar-refractivity contribution in [2.24, 2.45) is 0 Å². The SMILES string of the molecule is CC(C)(C)OC(=O)NCC(O)C(O)c1cccc(N)c1N. The summed E-state index contributed by atoms with van der Waals surface area (Å²) in [5.41, 5.74) is 11.6. The van der Waals surface area contributed by atoms with E-state index < -0.39 is 23.9 Å². The van der Waals surface area contributed by atoms with E-state index in [1.807, 2.05) is 0 Å². The van der Waals surface area contributed by atoms with Gasteiger partial charge in [-0.2, -0.15) is 0 Å². The summed E-state index contributed by atoms with van der Waals surface area (Å²) < 4.78 is 5.03. The van der Waals surface area contributed by atoms with Gasteiger partial charge in [-0.15, -0.1) is 0 Å². The summed E-state index contributed by atoms with van der Waals surface area (Å²) in [7, 11) is 0. The van der Waals surface area contributed by atoms with Gasteiger partial charge in [-0.3, -0.25) is 0 Å². The zero-order valence-corrected chi connectivity index (χ0v) is 12.5. The third-order valence-electron chi connectivity index (χ3n) is 2.71. The van der Waals surface area contributed by atoms with Crippen molar-refractivity contribution < 1.29 is 19.7 Å². The second-order valence-electron chi connectivity index (χ2n) is 5.75. The number of rotatable bonds is 4. The van der Waals surface area contributed by atoms with Gasteiger partial charge in [0.2, 0.25) is 0 Å². The number of amides is 1. The topological polar surface area (TPSA) is 131 Å². The van der Waals surface area contributed by atoms with Crippen molar-refractivity contribution in [2.75, 3.05) is 18.0 Å². The maximum Gasteiger partial charge on any atom is 0.407 e. The number of benzene rings is 1. The van der Waals surface area contributed by atoms with Crippen LogP contribution in [0.3, 0.4) is 0 Å². The van der Waals surface area contributed by atoms with E-state index in [1.54, 1.807) is 39.0 Å². The first kappa shape index (κ1) is 17.1. The Hall–Kier alpha value is -1.99. The van der Waals surface area contributed by atoms with Crippen molar-refractivity contribution in [1.29, 1.82) is 0 Å². The summed E-state index contributed by atoms with van der Waals surface area (Å²) in [6.45, 7) is 5.01. The average Bonchev–Trinajstić information content (AvgIpc) is 2.36. The maximum absolute atomic E-state index is 11.5. The Balaban J connectivity index is 2.61. The van der Waals surface area contributed by atoms with Gasteiger partial charge in [0.1, 0.15) is 17.8 Å². The lowest BCUT2D eigenvalue weighted by molar-refractivity contribution is 0.0133. The number of aliphatic hydroxyl groups excluding tert-OH is 2. The van der Waals surface area contributed by atoms with Gasteiger partial charge in [-0.05, 0) is 26.8 Å². The van der Waals surface area contributed by atoms with Gasteiger partial charge >= 0.3 is 6.09 Å². The van der Waals surface area contributed by atoms with Crippen LogP contribution in [0.1, 0.15) is 32.4 Å². The molecule has 1 amide bonds. The summed E-state index contributed by atoms with van der Waals surface area (Å²) in [4.78, 5) is 11.5. The molecule has 0 radical (unpaired) electrons. The van der Waals surface area contributed by atoms with E-state index in [1.165, 1.54) is 0 Å². The van der Waals surface area contributed by atoms with Crippen LogP contribution in [0.15, 0.2) is 18.2 Å². The molecule has 0 saturated carbocycles. The van der Waals surface area contributed by atoms with Crippen LogP contribution in [0, 0.1) is 0 Å². The van der Waals surface area contributed by atoms with Crippen LogP contribution in [0.5, 0.6) is 0 Å². The fourth-order valence-corrected chi connectivity index (χ4v) is 1.68. The molecule has 7 heteroatoms. The lowest BCUT2D eigenvalue weighted by Gasteiger charge is -2.23. The molecule has 0 aromatic heterocycles. The zero-order valence-electron chi connectivity index (χ0n) is 12.5. The number of carbonyl (C=O) groups excluding carboxylic acids is 1. The Kier molecular flexibility index (Phi) is 5.40. The largest absolute Gasteiger partial charge is 0.444 e. The van der Waals surface area contributed by atoms with Crippen LogP contribution < -0.4 is 16.8 Å². The summed E-state index contributed by atoms with van der Waals surface area (Å²) in [6, 6.07) is 4.78. The normalized spacial score (nSPS) is 14.3. The molecule has 0 fully saturated rings. The molecule has 1 aromatic carbocycles. The molecule has 7 nitrogen and oxygen atoms in total. The molecule has 21 heavy (non-hydrogen) atoms. The molecular weight excluding hydrogens is 274 g/mol. The summed E-state index contributed by atoms with van der Waals surface area (Å²) in [5.74, 6) is 0. The first-order valence-corrected chi connectivity index (χ1v) is 6.58. The molecule has 1 aromatic rings. The minimum Gasteiger partial charge on any atom is -0.444 e. The van der Waals surface area contributed by atoms with E-state index in [0.29, 0.717) is 11.3 Å². The van der Waals surface area contributed by atoms with Crippen molar-refractivity contribution in [3.8, 4) is 0 Å². The van der Waals surface area contributed by atoms with Crippen LogP contribution in [-0.4, -0.2) is 34.6 Å². The first-order chi connectivity index (χ1) is 9.61. The van der Waals surface area contributed by atoms with E-state index >= 15 is 0 Å². The molecule has 7 N–H and O–H groups in total. The number of carbonyl (C=O) groups is 1. The molecular formula is C14H23N3O4. The average molecular weight is 297 g/mol. The van der Waals surface area contributed by atoms with Crippen LogP contribution in [0.25, 0.3) is 0 Å². The molecule has 0 aliphatic rings. The Morgan fingerprint density at radius 3 is 2.52 bits per heavy atom. The van der Waals surface area contributed by atoms with Crippen molar-refractivity contribution >= 4 is 17.5 Å². The quantitative estimate of drug-likeness (QED) is 0.522. The number of hydrogen-bond acceptors (Lipinski definition) is 6. The van der Waals surface area contributed by atoms with Crippen LogP contribution >= 0.6 is 0 Å². The highest BCUT2D eigenvalue weighted by Crippen LogP contribution is 2.27. The summed E-state index contributed by atoms with van der Waals surface area (Å²) in [5, 5.41) is 22.4. The number of nitrogens with one attached hydrogen (secondary N) is 1. The number of nitrogens with two attached hydrogens (primary N) is 2. The van der Waals surface area contributed by atoms with Gasteiger partial charge in [-0.1, -0.05) is 12.1 Å². The highest BCUT2D eigenvalue weighted by Gasteiger charge is 2.23. The van der Waals surface area contributed by atoms with Gasteiger partial charge < -0.3 is 31.7 Å². The third-order valence-corrected chi connectivity index (χ3v) is 2.71. The number of para-hydroxylation sites is 1. The van der Waals surface area contributed by atoms with Crippen molar-refractivity contribution in [3.63, 3.8) is 0 Å². The Bertz CT molecular complexity index is 499. The molecule has 1 rings (SSSR count). The van der Waals surface area contributed by atoms with Gasteiger partial charge in [0, 0.05) is 12.1 Å². The van der Waals surface area contributed by atoms with E-state index in [-0.39, 0.29) is 12.2 Å². The van der Waals surface area contributed by atoms with Crippen molar-refractivity contribution in [3.05, 3.63) is 23.8 Å². The monoisotopic (exact) mass is 297 g/mol. The number of alkyl carbamates (subject to hydrolysis) is 1. The minimum atomic E-state index is -1.26. The van der Waals surface area contributed by atoms with Crippen LogP contribution in [-0.2, 0) is 4.74 Å². The molecule has 0 spiro atoms. The highest BCUT2D eigenvalue weighted by atomic mass is 16.6. The smallest absolute Gasteiger partial charge is 0.407 e. The minimum absolute atomic E-state index is 0.176. The number of hydrogen-bond donors (Lipinski definition) is 5. The highest BCUT2D eigenvalue weighted by molar-refractivity contribution is 5.68. The number of aliphatic hydroxyl groups is 2. The van der Waals surface area contributed by atoms with E-state index in [0.717, 1.165) is 0 Å². The van der Waals surface area contributed by atoms with E-state index in [9.17, 15) is 15.0 Å². The Morgan fingerprint density at radius 2 is 1.95 bits per heavy atom. The standard InChI is InChI=1S/C14H23N3O4/c1-14(2,3)21-13(20)17-7-10(18)12(19)8-5-4-6-9(15)11(8)16/h4-6,10,12,18-19H,7,15-16H2,1-3H3,(H,17,20). The maximum atomic E-state index is 11.5. The van der Waals surface area contributed by atoms with Gasteiger partial charge in [-0.25, -0.2) is 4.79 Å². The molecule has 0 aliphatic carbocycles. The second kappa shape index (κ2) is 6.64. The molecule has 0 bridgehead atoms. The molecule has 2 unspecified atom stereocenters. The number of ether oxygens (including phenoxy) is 1. The van der Waals surface area contributed by atoms with E-state index in [4.69, 9.17) is 16.2 Å². The molecule has 118 valence electrons. The fraction of sp³-hybridized carbons (Fsp3) is 0.500. The molecule has 0 aliphatic heterocycles. The van der Waals surface area contributed by atoms with Crippen LogP contribution in [0.4, 0.5) is 16.2 Å². The van der Waals surface area contributed by atoms with Gasteiger partial charge in [0.25, 0.3) is 0 Å².